The number of rotatable bonds is 7. The molecule has 0 spiro atoms. The predicted molar refractivity (Wildman–Crippen MR) is 127 cm³/mol. The number of aliphatic hydroxyl groups excluding tert-OH is 1. The van der Waals surface area contributed by atoms with Crippen molar-refractivity contribution in [3.8, 4) is 0 Å². The van der Waals surface area contributed by atoms with Crippen LogP contribution in [0.3, 0.4) is 0 Å². The van der Waals surface area contributed by atoms with Gasteiger partial charge in [-0.15, -0.1) is 35.3 Å². The van der Waals surface area contributed by atoms with Gasteiger partial charge in [0, 0.05) is 41.9 Å². The molecule has 1 saturated carbocycles. The third kappa shape index (κ3) is 6.83. The zero-order valence-corrected chi connectivity index (χ0v) is 20.2. The highest BCUT2D eigenvalue weighted by atomic mass is 127. The minimum absolute atomic E-state index is 0. The minimum Gasteiger partial charge on any atom is -0.393 e. The molecule has 1 aromatic rings. The Morgan fingerprint density at radius 3 is 2.71 bits per heavy atom. The Morgan fingerprint density at radius 2 is 2.11 bits per heavy atom. The van der Waals surface area contributed by atoms with Gasteiger partial charge in [0.2, 0.25) is 0 Å². The molecule has 3 N–H and O–H groups in total. The summed E-state index contributed by atoms with van der Waals surface area (Å²) in [6.45, 7) is 10.1. The van der Waals surface area contributed by atoms with Crippen LogP contribution in [0.5, 0.6) is 0 Å². The standard InChI is InChI=1S/C20H34N4O2S.HI/c1-3-21-20(22-13-16-5-4-6-18(16)25)23-14-17(19-8-7-15(2)27-19)24-9-11-26-12-10-24;/h7-8,16-18,25H,3-6,9-14H2,1-2H3,(H2,21,22,23);1H. The van der Waals surface area contributed by atoms with E-state index in [-0.39, 0.29) is 30.1 Å². The molecule has 1 aliphatic carbocycles. The lowest BCUT2D eigenvalue weighted by Crippen LogP contribution is -2.43. The number of halogens is 1. The summed E-state index contributed by atoms with van der Waals surface area (Å²) in [6, 6.07) is 4.73. The van der Waals surface area contributed by atoms with Crippen molar-refractivity contribution in [2.24, 2.45) is 10.9 Å². The Balaban J connectivity index is 0.00000280. The Hall–Kier alpha value is -0.420. The van der Waals surface area contributed by atoms with E-state index >= 15 is 0 Å². The molecule has 3 rings (SSSR count). The molecule has 3 atom stereocenters. The van der Waals surface area contributed by atoms with Gasteiger partial charge in [-0.2, -0.15) is 0 Å². The predicted octanol–water partition coefficient (Wildman–Crippen LogP) is 2.76. The quantitative estimate of drug-likeness (QED) is 0.292. The third-order valence-corrected chi connectivity index (χ3v) is 6.60. The smallest absolute Gasteiger partial charge is 0.191 e. The van der Waals surface area contributed by atoms with Crippen molar-refractivity contribution in [3.63, 3.8) is 0 Å². The monoisotopic (exact) mass is 522 g/mol. The molecule has 1 aromatic heterocycles. The molecule has 2 fully saturated rings. The van der Waals surface area contributed by atoms with E-state index in [1.807, 2.05) is 11.3 Å². The summed E-state index contributed by atoms with van der Waals surface area (Å²) in [5.41, 5.74) is 0. The molecule has 0 amide bonds. The SMILES string of the molecule is CCNC(=NCC(c1ccc(C)s1)N1CCOCC1)NCC1CCCC1O.I. The first-order valence-electron chi connectivity index (χ1n) is 10.3. The first kappa shape index (κ1) is 23.9. The molecule has 0 aromatic carbocycles. The van der Waals surface area contributed by atoms with E-state index in [4.69, 9.17) is 9.73 Å². The molecule has 1 saturated heterocycles. The molecule has 6 nitrogen and oxygen atoms in total. The molecule has 28 heavy (non-hydrogen) atoms. The number of aliphatic imine (C=N–C) groups is 1. The number of aryl methyl sites for hydroxylation is 1. The normalized spacial score (nSPS) is 24.6. The topological polar surface area (TPSA) is 69.1 Å². The number of nitrogens with zero attached hydrogens (tertiary/aromatic N) is 2. The van der Waals surface area contributed by atoms with E-state index in [0.717, 1.165) is 71.2 Å². The number of hydrogen-bond donors (Lipinski definition) is 3. The summed E-state index contributed by atoms with van der Waals surface area (Å²) in [5.74, 6) is 1.19. The average molecular weight is 522 g/mol. The van der Waals surface area contributed by atoms with Crippen LogP contribution in [0.1, 0.15) is 42.0 Å². The first-order valence-corrected chi connectivity index (χ1v) is 11.1. The summed E-state index contributed by atoms with van der Waals surface area (Å²) in [6.07, 6.45) is 2.98. The lowest BCUT2D eigenvalue weighted by molar-refractivity contribution is 0.0186. The summed E-state index contributed by atoms with van der Waals surface area (Å²) in [7, 11) is 0. The Labute approximate surface area is 190 Å². The average Bonchev–Trinajstić information content (AvgIpc) is 3.29. The van der Waals surface area contributed by atoms with Gasteiger partial charge in [-0.05, 0) is 38.8 Å². The maximum Gasteiger partial charge on any atom is 0.191 e. The third-order valence-electron chi connectivity index (χ3n) is 5.49. The largest absolute Gasteiger partial charge is 0.393 e. The Bertz CT molecular complexity index is 607. The minimum atomic E-state index is -0.171. The maximum absolute atomic E-state index is 10.1. The van der Waals surface area contributed by atoms with Crippen LogP contribution >= 0.6 is 35.3 Å². The highest BCUT2D eigenvalue weighted by Gasteiger charge is 2.26. The highest BCUT2D eigenvalue weighted by molar-refractivity contribution is 14.0. The van der Waals surface area contributed by atoms with Crippen LogP contribution in [0.25, 0.3) is 0 Å². The van der Waals surface area contributed by atoms with Crippen molar-refractivity contribution < 1.29 is 9.84 Å². The number of morpholine rings is 1. The van der Waals surface area contributed by atoms with Gasteiger partial charge >= 0.3 is 0 Å². The lowest BCUT2D eigenvalue weighted by atomic mass is 10.1. The number of ether oxygens (including phenoxy) is 1. The van der Waals surface area contributed by atoms with E-state index in [0.29, 0.717) is 12.0 Å². The number of thiophene rings is 1. The van der Waals surface area contributed by atoms with Gasteiger partial charge in [0.15, 0.2) is 5.96 Å². The van der Waals surface area contributed by atoms with E-state index < -0.39 is 0 Å². The van der Waals surface area contributed by atoms with Crippen molar-refractivity contribution in [2.75, 3.05) is 45.9 Å². The van der Waals surface area contributed by atoms with Gasteiger partial charge in [0.05, 0.1) is 31.9 Å². The molecule has 8 heteroatoms. The fourth-order valence-electron chi connectivity index (χ4n) is 3.91. The van der Waals surface area contributed by atoms with Crippen LogP contribution in [0, 0.1) is 12.8 Å². The first-order chi connectivity index (χ1) is 13.2. The van der Waals surface area contributed by atoms with E-state index in [1.54, 1.807) is 0 Å². The van der Waals surface area contributed by atoms with Crippen LogP contribution in [-0.2, 0) is 4.74 Å². The van der Waals surface area contributed by atoms with E-state index in [2.05, 4.69) is 41.5 Å². The van der Waals surface area contributed by atoms with Crippen molar-refractivity contribution in [3.05, 3.63) is 21.9 Å². The lowest BCUT2D eigenvalue weighted by Gasteiger charge is -2.33. The second kappa shape index (κ2) is 12.3. The van der Waals surface area contributed by atoms with Gasteiger partial charge in [0.25, 0.3) is 0 Å². The Morgan fingerprint density at radius 1 is 1.32 bits per heavy atom. The van der Waals surface area contributed by atoms with Crippen LogP contribution in [0.2, 0.25) is 0 Å². The number of guanidine groups is 1. The summed E-state index contributed by atoms with van der Waals surface area (Å²) in [4.78, 5) is 10.1. The van der Waals surface area contributed by atoms with Gasteiger partial charge in [-0.3, -0.25) is 9.89 Å². The molecule has 160 valence electrons. The van der Waals surface area contributed by atoms with Gasteiger partial charge in [-0.1, -0.05) is 6.42 Å². The Kier molecular flexibility index (Phi) is 10.5. The van der Waals surface area contributed by atoms with Gasteiger partial charge in [-0.25, -0.2) is 0 Å². The van der Waals surface area contributed by atoms with E-state index in [9.17, 15) is 5.11 Å². The fourth-order valence-corrected chi connectivity index (χ4v) is 4.91. The molecule has 3 unspecified atom stereocenters. The summed E-state index contributed by atoms with van der Waals surface area (Å²) < 4.78 is 5.54. The van der Waals surface area contributed by atoms with Crippen molar-refractivity contribution in [2.45, 2.75) is 45.3 Å². The second-order valence-corrected chi connectivity index (χ2v) is 8.79. The molecule has 2 heterocycles. The van der Waals surface area contributed by atoms with E-state index in [1.165, 1.54) is 9.75 Å². The zero-order valence-electron chi connectivity index (χ0n) is 17.0. The van der Waals surface area contributed by atoms with Gasteiger partial charge in [0.1, 0.15) is 0 Å². The van der Waals surface area contributed by atoms with Crippen LogP contribution < -0.4 is 10.6 Å². The van der Waals surface area contributed by atoms with Crippen molar-refractivity contribution >= 4 is 41.3 Å². The fraction of sp³-hybridized carbons (Fsp3) is 0.750. The number of hydrogen-bond acceptors (Lipinski definition) is 5. The van der Waals surface area contributed by atoms with Crippen molar-refractivity contribution in [1.29, 1.82) is 0 Å². The molecule has 1 aliphatic heterocycles. The van der Waals surface area contributed by atoms with Crippen LogP contribution in [-0.4, -0.2) is 68.0 Å². The van der Waals surface area contributed by atoms with Crippen molar-refractivity contribution in [1.82, 2.24) is 15.5 Å². The molecular weight excluding hydrogens is 487 g/mol. The number of aliphatic hydroxyl groups is 1. The molecule has 2 aliphatic rings. The summed E-state index contributed by atoms with van der Waals surface area (Å²) >= 11 is 1.86. The second-order valence-electron chi connectivity index (χ2n) is 7.47. The highest BCUT2D eigenvalue weighted by Crippen LogP contribution is 2.29. The molecular formula is C20H35IN4O2S. The zero-order chi connectivity index (χ0) is 19.1. The van der Waals surface area contributed by atoms with Crippen LogP contribution in [0.4, 0.5) is 0 Å². The molecule has 0 radical (unpaired) electrons. The summed E-state index contributed by atoms with van der Waals surface area (Å²) in [5, 5.41) is 16.9. The maximum atomic E-state index is 10.1. The number of nitrogens with one attached hydrogen (secondary N) is 2. The van der Waals surface area contributed by atoms with Crippen LogP contribution in [0.15, 0.2) is 17.1 Å². The van der Waals surface area contributed by atoms with Gasteiger partial charge < -0.3 is 20.5 Å². The molecule has 0 bridgehead atoms.